The first kappa shape index (κ1) is 23.6. The fourth-order valence-corrected chi connectivity index (χ4v) is 5.25. The zero-order valence-corrected chi connectivity index (χ0v) is 20.1. The summed E-state index contributed by atoms with van der Waals surface area (Å²) in [5.41, 5.74) is 2.61. The lowest BCUT2D eigenvalue weighted by Gasteiger charge is -2.08. The van der Waals surface area contributed by atoms with Crippen LogP contribution in [0.25, 0.3) is 0 Å². The van der Waals surface area contributed by atoms with E-state index in [1.165, 1.54) is 24.3 Å². The molecule has 0 saturated carbocycles. The van der Waals surface area contributed by atoms with E-state index >= 15 is 0 Å². The molecule has 2 aromatic carbocycles. The quantitative estimate of drug-likeness (QED) is 0.522. The van der Waals surface area contributed by atoms with Crippen molar-refractivity contribution in [2.75, 3.05) is 6.61 Å². The van der Waals surface area contributed by atoms with Crippen molar-refractivity contribution in [3.8, 4) is 0 Å². The van der Waals surface area contributed by atoms with Crippen LogP contribution in [-0.4, -0.2) is 43.3 Å². The van der Waals surface area contributed by atoms with Crippen molar-refractivity contribution in [3.63, 3.8) is 0 Å². The molecule has 4 rings (SSSR count). The van der Waals surface area contributed by atoms with Crippen LogP contribution in [-0.2, 0) is 30.9 Å². The number of amidine groups is 1. The molecule has 2 heterocycles. The summed E-state index contributed by atoms with van der Waals surface area (Å²) < 4.78 is 33.6. The Bertz CT molecular complexity index is 1440. The van der Waals surface area contributed by atoms with Crippen molar-refractivity contribution in [1.29, 1.82) is 0 Å². The Morgan fingerprint density at radius 2 is 1.88 bits per heavy atom. The number of hydrogen-bond donors (Lipinski definition) is 1. The number of ether oxygens (including phenoxy) is 1. The summed E-state index contributed by atoms with van der Waals surface area (Å²) in [4.78, 5) is 33.4. The molecule has 1 aliphatic rings. The van der Waals surface area contributed by atoms with E-state index in [-0.39, 0.29) is 10.7 Å². The number of carbonyl (C=O) groups excluding carboxylic acids is 2. The SMILES string of the molecule is Cc1ccc(Cn2ccsc2=NC(=O)COC(=O)[C@@H](C)N=C2NS(=O)(=O)c3ccccc32)cc1. The number of hydrogen-bond acceptors (Lipinski definition) is 7. The third kappa shape index (κ3) is 5.32. The van der Waals surface area contributed by atoms with E-state index in [2.05, 4.69) is 14.7 Å². The first-order chi connectivity index (χ1) is 16.2. The maximum Gasteiger partial charge on any atom is 0.331 e. The molecule has 1 atom stereocenters. The number of rotatable bonds is 6. The minimum atomic E-state index is -3.71. The summed E-state index contributed by atoms with van der Waals surface area (Å²) in [6, 6.07) is 13.4. The molecule has 0 fully saturated rings. The maximum atomic E-state index is 12.3. The number of fused-ring (bicyclic) bond motifs is 1. The predicted molar refractivity (Wildman–Crippen MR) is 127 cm³/mol. The fourth-order valence-electron chi connectivity index (χ4n) is 3.27. The van der Waals surface area contributed by atoms with Gasteiger partial charge in [0.05, 0.1) is 4.90 Å². The van der Waals surface area contributed by atoms with Gasteiger partial charge in [-0.1, -0.05) is 42.0 Å². The van der Waals surface area contributed by atoms with Crippen LogP contribution >= 0.6 is 11.3 Å². The lowest BCUT2D eigenvalue weighted by Crippen LogP contribution is -2.28. The molecule has 0 aliphatic carbocycles. The van der Waals surface area contributed by atoms with E-state index in [0.717, 1.165) is 11.1 Å². The van der Waals surface area contributed by atoms with Crippen LogP contribution < -0.4 is 9.52 Å². The van der Waals surface area contributed by atoms with Gasteiger partial charge in [0.15, 0.2) is 11.4 Å². The van der Waals surface area contributed by atoms with E-state index in [9.17, 15) is 18.0 Å². The molecule has 1 aromatic heterocycles. The predicted octanol–water partition coefficient (Wildman–Crippen LogP) is 2.00. The second kappa shape index (κ2) is 9.74. The number of carbonyl (C=O) groups is 2. The highest BCUT2D eigenvalue weighted by atomic mass is 32.2. The standard InChI is InChI=1S/C23H22N4O5S2/c1-15-7-9-17(10-8-15)13-27-11-12-33-23(27)25-20(28)14-32-22(29)16(2)24-21-18-5-3-4-6-19(18)34(30,31)26-21/h3-12,16H,13-14H2,1-2H3,(H,24,26)/t16-/m1/s1. The van der Waals surface area contributed by atoms with Crippen LogP contribution in [0.3, 0.4) is 0 Å². The van der Waals surface area contributed by atoms with Crippen molar-refractivity contribution in [2.24, 2.45) is 9.98 Å². The number of nitrogens with one attached hydrogen (secondary N) is 1. The van der Waals surface area contributed by atoms with E-state index in [4.69, 9.17) is 4.74 Å². The highest BCUT2D eigenvalue weighted by molar-refractivity contribution is 7.90. The van der Waals surface area contributed by atoms with Crippen LogP contribution in [0.2, 0.25) is 0 Å². The third-order valence-electron chi connectivity index (χ3n) is 5.02. The number of thiazole rings is 1. The number of benzene rings is 2. The van der Waals surface area contributed by atoms with Gasteiger partial charge in [0.2, 0.25) is 0 Å². The number of nitrogens with zero attached hydrogens (tertiary/aromatic N) is 3. The van der Waals surface area contributed by atoms with Crippen molar-refractivity contribution < 1.29 is 22.7 Å². The Morgan fingerprint density at radius 3 is 2.65 bits per heavy atom. The summed E-state index contributed by atoms with van der Waals surface area (Å²) in [7, 11) is -3.71. The molecule has 0 bridgehead atoms. The summed E-state index contributed by atoms with van der Waals surface area (Å²) in [6.45, 7) is 3.49. The van der Waals surface area contributed by atoms with Gasteiger partial charge in [-0.15, -0.1) is 11.3 Å². The molecule has 0 unspecified atom stereocenters. The Balaban J connectivity index is 1.39. The van der Waals surface area contributed by atoms with Gasteiger partial charge in [0, 0.05) is 23.7 Å². The second-order valence-electron chi connectivity index (χ2n) is 7.67. The molecule has 1 N–H and O–H groups in total. The molecule has 1 aliphatic heterocycles. The van der Waals surface area contributed by atoms with Crippen molar-refractivity contribution in [3.05, 3.63) is 81.6 Å². The minimum absolute atomic E-state index is 0.0618. The van der Waals surface area contributed by atoms with Crippen molar-refractivity contribution in [1.82, 2.24) is 9.29 Å². The number of sulfonamides is 1. The Hall–Kier alpha value is -3.57. The van der Waals surface area contributed by atoms with Gasteiger partial charge < -0.3 is 9.30 Å². The number of aromatic nitrogens is 1. The lowest BCUT2D eigenvalue weighted by atomic mass is 10.1. The monoisotopic (exact) mass is 498 g/mol. The van der Waals surface area contributed by atoms with Crippen molar-refractivity contribution >= 4 is 39.1 Å². The van der Waals surface area contributed by atoms with E-state index in [0.29, 0.717) is 16.9 Å². The molecule has 3 aromatic rings. The normalized spacial score (nSPS) is 16.6. The summed E-state index contributed by atoms with van der Waals surface area (Å²) >= 11 is 1.30. The molecule has 0 radical (unpaired) electrons. The largest absolute Gasteiger partial charge is 0.454 e. The van der Waals surface area contributed by atoms with Crippen LogP contribution in [0.4, 0.5) is 0 Å². The lowest BCUT2D eigenvalue weighted by molar-refractivity contribution is -0.148. The van der Waals surface area contributed by atoms with Gasteiger partial charge >= 0.3 is 5.97 Å². The van der Waals surface area contributed by atoms with Gasteiger partial charge in [0.1, 0.15) is 11.9 Å². The molecule has 176 valence electrons. The second-order valence-corrected chi connectivity index (χ2v) is 10.2. The average Bonchev–Trinajstić information content (AvgIpc) is 3.34. The van der Waals surface area contributed by atoms with E-state index < -0.39 is 34.5 Å². The molecule has 34 heavy (non-hydrogen) atoms. The number of esters is 1. The van der Waals surface area contributed by atoms with Gasteiger partial charge in [-0.05, 0) is 31.5 Å². The molecular weight excluding hydrogens is 476 g/mol. The van der Waals surface area contributed by atoms with Gasteiger partial charge in [-0.3, -0.25) is 14.5 Å². The Morgan fingerprint density at radius 1 is 1.15 bits per heavy atom. The molecule has 0 spiro atoms. The summed E-state index contributed by atoms with van der Waals surface area (Å²) in [5.74, 6) is -1.31. The molecule has 9 nitrogen and oxygen atoms in total. The van der Waals surface area contributed by atoms with Gasteiger partial charge in [-0.25, -0.2) is 13.2 Å². The summed E-state index contributed by atoms with van der Waals surface area (Å²) in [5, 5.41) is 1.82. The highest BCUT2D eigenvalue weighted by Gasteiger charge is 2.31. The van der Waals surface area contributed by atoms with Gasteiger partial charge in [0.25, 0.3) is 15.9 Å². The number of aryl methyl sites for hydroxylation is 1. The highest BCUT2D eigenvalue weighted by Crippen LogP contribution is 2.22. The number of aliphatic imine (C=N–C) groups is 1. The third-order valence-corrected chi connectivity index (χ3v) is 7.21. The first-order valence-electron chi connectivity index (χ1n) is 10.4. The first-order valence-corrected chi connectivity index (χ1v) is 12.7. The van der Waals surface area contributed by atoms with Crippen LogP contribution in [0, 0.1) is 6.92 Å². The topological polar surface area (TPSA) is 119 Å². The molecule has 0 saturated heterocycles. The molecule has 1 amide bonds. The summed E-state index contributed by atoms with van der Waals surface area (Å²) in [6.07, 6.45) is 1.83. The number of amides is 1. The minimum Gasteiger partial charge on any atom is -0.454 e. The molecular formula is C23H22N4O5S2. The van der Waals surface area contributed by atoms with E-state index in [1.807, 2.05) is 47.3 Å². The zero-order chi connectivity index (χ0) is 24.3. The fraction of sp³-hybridized carbons (Fsp3) is 0.217. The maximum absolute atomic E-state index is 12.3. The molecule has 11 heteroatoms. The van der Waals surface area contributed by atoms with Crippen molar-refractivity contribution in [2.45, 2.75) is 31.3 Å². The van der Waals surface area contributed by atoms with Crippen LogP contribution in [0.15, 0.2) is 75.0 Å². The Labute approximate surface area is 200 Å². The van der Waals surface area contributed by atoms with E-state index in [1.54, 1.807) is 18.2 Å². The Kier molecular flexibility index (Phi) is 6.75. The van der Waals surface area contributed by atoms with Gasteiger partial charge in [-0.2, -0.15) is 4.99 Å². The zero-order valence-electron chi connectivity index (χ0n) is 18.5. The average molecular weight is 499 g/mol. The smallest absolute Gasteiger partial charge is 0.331 e. The van der Waals surface area contributed by atoms with Crippen LogP contribution in [0.5, 0.6) is 0 Å². The van der Waals surface area contributed by atoms with Crippen LogP contribution in [0.1, 0.15) is 23.6 Å².